The highest BCUT2D eigenvalue weighted by atomic mass is 28.3. The van der Waals surface area contributed by atoms with Crippen molar-refractivity contribution < 1.29 is 41.7 Å². The number of benzene rings is 1. The zero-order chi connectivity index (χ0) is 30.5. The first kappa shape index (κ1) is 33.7. The molecule has 0 spiro atoms. The van der Waals surface area contributed by atoms with E-state index in [-0.39, 0.29) is 24.9 Å². The second-order valence-electron chi connectivity index (χ2n) is 12.3. The number of nitrogens with zero attached hydrogens (tertiary/aromatic N) is 2. The fraction of sp³-hybridized carbons (Fsp3) is 0.667. The third-order valence-corrected chi connectivity index (χ3v) is 7.59. The quantitative estimate of drug-likeness (QED) is 0.171. The number of nitrogens with one attached hydrogen (secondary N) is 1. The molecule has 1 N–H and O–H groups in total. The number of Topliss-reactive ketones (excluding diaryl/α,β-unsaturated/α-hetero) is 1. The van der Waals surface area contributed by atoms with Crippen LogP contribution < -0.4 is 5.32 Å². The van der Waals surface area contributed by atoms with Crippen molar-refractivity contribution in [2.45, 2.75) is 90.5 Å². The molecule has 1 aromatic heterocycles. The Balaban J connectivity index is 2.55. The Kier molecular flexibility index (Phi) is 11.0. The summed E-state index contributed by atoms with van der Waals surface area (Å²) in [5.74, 6) is -0.0613. The van der Waals surface area contributed by atoms with E-state index in [1.54, 1.807) is 43.5 Å². The van der Waals surface area contributed by atoms with Crippen LogP contribution in [0.3, 0.4) is 0 Å². The number of ketones is 1. The number of alkyl halides is 3. The molecule has 226 valence electrons. The van der Waals surface area contributed by atoms with E-state index in [4.69, 9.17) is 18.9 Å². The van der Waals surface area contributed by atoms with Crippen molar-refractivity contribution in [1.29, 1.82) is 0 Å². The molecule has 0 aliphatic rings. The number of imidazole rings is 1. The normalized spacial score (nSPS) is 13.9. The molecule has 1 amide bonds. The number of ether oxygens (including phenoxy) is 4. The molecule has 2 rings (SSSR count). The number of alkyl carbamates (subject to hydrolysis) is 1. The second-order valence-corrected chi connectivity index (χ2v) is 17.9. The van der Waals surface area contributed by atoms with Crippen LogP contribution in [0, 0.1) is 0 Å². The van der Waals surface area contributed by atoms with E-state index in [1.165, 1.54) is 7.11 Å². The molecule has 0 aliphatic carbocycles. The van der Waals surface area contributed by atoms with Crippen LogP contribution in [0.4, 0.5) is 18.0 Å². The van der Waals surface area contributed by atoms with Crippen molar-refractivity contribution in [1.82, 2.24) is 14.9 Å². The van der Waals surface area contributed by atoms with Crippen LogP contribution in [0.5, 0.6) is 0 Å². The molecule has 0 unspecified atom stereocenters. The molecule has 0 saturated carbocycles. The van der Waals surface area contributed by atoms with Gasteiger partial charge in [0.05, 0.1) is 17.6 Å². The number of halogens is 3. The summed E-state index contributed by atoms with van der Waals surface area (Å²) < 4.78 is 64.0. The summed E-state index contributed by atoms with van der Waals surface area (Å²) in [6.45, 7) is 13.3. The van der Waals surface area contributed by atoms with E-state index in [9.17, 15) is 22.8 Å². The number of carbonyl (C=O) groups is 2. The van der Waals surface area contributed by atoms with Gasteiger partial charge in [-0.05, 0) is 58.9 Å². The van der Waals surface area contributed by atoms with Crippen molar-refractivity contribution in [2.24, 2.45) is 0 Å². The first-order chi connectivity index (χ1) is 18.2. The summed E-state index contributed by atoms with van der Waals surface area (Å²) in [5.41, 5.74) is -2.01. The zero-order valence-electron chi connectivity index (χ0n) is 24.8. The number of carbonyl (C=O) groups excluding carboxylic acids is 2. The first-order valence-electron chi connectivity index (χ1n) is 13.0. The molecular weight excluding hydrogens is 547 g/mol. The van der Waals surface area contributed by atoms with Crippen LogP contribution in [0.25, 0.3) is 11.0 Å². The number of hydrogen-bond donors (Lipinski definition) is 1. The van der Waals surface area contributed by atoms with Crippen LogP contribution in [0.1, 0.15) is 56.8 Å². The predicted octanol–water partition coefficient (Wildman–Crippen LogP) is 6.10. The Morgan fingerprint density at radius 3 is 2.30 bits per heavy atom. The van der Waals surface area contributed by atoms with E-state index in [0.29, 0.717) is 23.2 Å². The minimum atomic E-state index is -4.65. The Hall–Kier alpha value is -2.48. The molecule has 0 radical (unpaired) electrons. The Labute approximate surface area is 234 Å². The number of fused-ring (bicyclic) bond motifs is 1. The molecule has 1 aromatic carbocycles. The first-order valence-corrected chi connectivity index (χ1v) is 16.7. The SMILES string of the molecule is COCC(=O)c1ccc2c(c1)nc([C@H](COC(C)(C)C(F)(F)F)NC(=O)OC(C)(C)C)n2COCC[Si](C)(C)C. The highest BCUT2D eigenvalue weighted by molar-refractivity contribution is 6.76. The monoisotopic (exact) mass is 589 g/mol. The summed E-state index contributed by atoms with van der Waals surface area (Å²) in [4.78, 5) is 29.8. The van der Waals surface area contributed by atoms with E-state index in [2.05, 4.69) is 29.9 Å². The van der Waals surface area contributed by atoms with Crippen molar-refractivity contribution in [3.63, 3.8) is 0 Å². The van der Waals surface area contributed by atoms with E-state index in [1.807, 2.05) is 0 Å². The van der Waals surface area contributed by atoms with Gasteiger partial charge in [0, 0.05) is 27.4 Å². The summed E-state index contributed by atoms with van der Waals surface area (Å²) in [6.07, 6.45) is -5.50. The maximum absolute atomic E-state index is 13.6. The molecule has 9 nitrogen and oxygen atoms in total. The van der Waals surface area contributed by atoms with Crippen LogP contribution in [0.2, 0.25) is 25.7 Å². The van der Waals surface area contributed by atoms with Gasteiger partial charge in [-0.25, -0.2) is 9.78 Å². The standard InChI is InChI=1S/C27H42F3N3O6Si/c1-25(2,3)39-24(35)32-20(15-38-26(4,5)27(28,29)30)23-31-19-14-18(22(34)16-36-6)10-11-21(19)33(23)17-37-12-13-40(7,8)9/h10-11,14,20H,12-13,15-17H2,1-9H3,(H,32,35)/t20-/m0/s1. The molecule has 40 heavy (non-hydrogen) atoms. The van der Waals surface area contributed by atoms with Gasteiger partial charge < -0.3 is 28.8 Å². The average Bonchev–Trinajstić information content (AvgIpc) is 3.14. The summed E-state index contributed by atoms with van der Waals surface area (Å²) in [6, 6.07) is 4.63. The Morgan fingerprint density at radius 2 is 1.75 bits per heavy atom. The molecule has 2 aromatic rings. The van der Waals surface area contributed by atoms with Gasteiger partial charge in [0.2, 0.25) is 0 Å². The van der Waals surface area contributed by atoms with E-state index >= 15 is 0 Å². The lowest BCUT2D eigenvalue weighted by Crippen LogP contribution is -2.45. The van der Waals surface area contributed by atoms with Gasteiger partial charge in [0.1, 0.15) is 30.8 Å². The molecule has 13 heteroatoms. The number of hydrogen-bond acceptors (Lipinski definition) is 7. The van der Waals surface area contributed by atoms with Crippen LogP contribution in [-0.2, 0) is 25.7 Å². The summed E-state index contributed by atoms with van der Waals surface area (Å²) in [7, 11) is 0.0211. The van der Waals surface area contributed by atoms with Gasteiger partial charge in [-0.15, -0.1) is 0 Å². The molecule has 0 bridgehead atoms. The fourth-order valence-corrected chi connectivity index (χ4v) is 4.23. The van der Waals surface area contributed by atoms with Gasteiger partial charge in [-0.3, -0.25) is 4.79 Å². The summed E-state index contributed by atoms with van der Waals surface area (Å²) in [5, 5.41) is 2.62. The highest BCUT2D eigenvalue weighted by Gasteiger charge is 2.49. The Morgan fingerprint density at radius 1 is 1.10 bits per heavy atom. The van der Waals surface area contributed by atoms with Gasteiger partial charge in [-0.2, -0.15) is 13.2 Å². The zero-order valence-corrected chi connectivity index (χ0v) is 25.8. The number of methoxy groups -OCH3 is 1. The van der Waals surface area contributed by atoms with Crippen LogP contribution in [-0.4, -0.2) is 73.8 Å². The van der Waals surface area contributed by atoms with Gasteiger partial charge in [-0.1, -0.05) is 19.6 Å². The lowest BCUT2D eigenvalue weighted by atomic mass is 10.1. The predicted molar refractivity (Wildman–Crippen MR) is 148 cm³/mol. The minimum Gasteiger partial charge on any atom is -0.444 e. The molecular formula is C27H42F3N3O6Si. The van der Waals surface area contributed by atoms with Crippen molar-refractivity contribution >= 4 is 31.0 Å². The highest BCUT2D eigenvalue weighted by Crippen LogP contribution is 2.34. The topological polar surface area (TPSA) is 101 Å². The van der Waals surface area contributed by atoms with Gasteiger partial charge >= 0.3 is 12.3 Å². The van der Waals surface area contributed by atoms with E-state index in [0.717, 1.165) is 19.9 Å². The minimum absolute atomic E-state index is 0.0246. The largest absolute Gasteiger partial charge is 0.444 e. The third kappa shape index (κ3) is 9.86. The van der Waals surface area contributed by atoms with Crippen LogP contribution >= 0.6 is 0 Å². The summed E-state index contributed by atoms with van der Waals surface area (Å²) >= 11 is 0. The fourth-order valence-electron chi connectivity index (χ4n) is 3.48. The lowest BCUT2D eigenvalue weighted by molar-refractivity contribution is -0.265. The number of rotatable bonds is 13. The molecule has 0 fully saturated rings. The Bertz CT molecular complexity index is 1170. The maximum atomic E-state index is 13.6. The van der Waals surface area contributed by atoms with Crippen molar-refractivity contribution in [2.75, 3.05) is 26.9 Å². The average molecular weight is 590 g/mol. The molecule has 0 aliphatic heterocycles. The number of amides is 1. The van der Waals surface area contributed by atoms with Crippen molar-refractivity contribution in [3.05, 3.63) is 29.6 Å². The van der Waals surface area contributed by atoms with Gasteiger partial charge in [0.15, 0.2) is 11.4 Å². The smallest absolute Gasteiger partial charge is 0.416 e. The second kappa shape index (κ2) is 13.0. The number of aromatic nitrogens is 2. The molecule has 0 saturated heterocycles. The van der Waals surface area contributed by atoms with E-state index < -0.39 is 44.2 Å². The molecule has 1 atom stereocenters. The van der Waals surface area contributed by atoms with Crippen LogP contribution in [0.15, 0.2) is 18.2 Å². The third-order valence-electron chi connectivity index (χ3n) is 5.89. The molecule has 1 heterocycles. The maximum Gasteiger partial charge on any atom is 0.416 e. The lowest BCUT2D eigenvalue weighted by Gasteiger charge is -2.30. The van der Waals surface area contributed by atoms with Crippen molar-refractivity contribution in [3.8, 4) is 0 Å². The van der Waals surface area contributed by atoms with Gasteiger partial charge in [0.25, 0.3) is 0 Å².